The Morgan fingerprint density at radius 1 is 0.181 bits per heavy atom. The number of hydrogen-bond acceptors (Lipinski definition) is 2. The zero-order valence-electron chi connectivity index (χ0n) is 57.5. The number of hydrogen-bond donors (Lipinski definition) is 0. The molecule has 0 aliphatic carbocycles. The fourth-order valence-corrected chi connectivity index (χ4v) is 17.0. The van der Waals surface area contributed by atoms with Gasteiger partial charge in [-0.25, -0.2) is 0 Å². The Balaban J connectivity index is 1.01. The lowest BCUT2D eigenvalue weighted by molar-refractivity contribution is 1.09. The number of para-hydroxylation sites is 2. The molecule has 5 heteroatoms. The number of aromatic nitrogens is 2. The monoisotopic (exact) mass is 1330 g/mol. The van der Waals surface area contributed by atoms with E-state index in [-0.39, 0.29) is 6.71 Å². The molecule has 0 radical (unpaired) electrons. The van der Waals surface area contributed by atoms with Crippen LogP contribution in [0.25, 0.3) is 134 Å². The van der Waals surface area contributed by atoms with Crippen LogP contribution in [-0.4, -0.2) is 15.8 Å². The molecule has 2 aliphatic rings. The van der Waals surface area contributed by atoms with Gasteiger partial charge in [0.05, 0.1) is 39.8 Å². The minimum atomic E-state index is -0.316. The number of nitrogens with zero attached hydrogens (tertiary/aromatic N) is 4. The second kappa shape index (κ2) is 25.7. The molecule has 0 saturated carbocycles. The molecule has 2 aromatic heterocycles. The molecule has 0 saturated heterocycles. The Hall–Kier alpha value is -13.7. The van der Waals surface area contributed by atoms with Crippen molar-refractivity contribution in [2.24, 2.45) is 0 Å². The fraction of sp³-hybridized carbons (Fsp3) is 0. The second-order valence-electron chi connectivity index (χ2n) is 27.4. The Bertz CT molecular complexity index is 6030. The summed E-state index contributed by atoms with van der Waals surface area (Å²) in [7, 11) is 0. The molecule has 0 unspecified atom stereocenters. The normalized spacial score (nSPS) is 12.1. The molecule has 4 nitrogen and oxygen atoms in total. The maximum absolute atomic E-state index is 2.70. The molecule has 0 atom stereocenters. The Labute approximate surface area is 612 Å². The summed E-state index contributed by atoms with van der Waals surface area (Å²) >= 11 is 0. The van der Waals surface area contributed by atoms with Crippen molar-refractivity contribution in [2.75, 3.05) is 9.80 Å². The largest absolute Gasteiger partial charge is 0.310 e. The van der Waals surface area contributed by atoms with Crippen molar-refractivity contribution in [3.05, 3.63) is 406 Å². The van der Waals surface area contributed by atoms with Gasteiger partial charge in [-0.05, 0) is 102 Å². The molecule has 2 aliphatic heterocycles. The molecule has 0 amide bonds. The van der Waals surface area contributed by atoms with Crippen LogP contribution in [0.4, 0.5) is 34.1 Å². The maximum atomic E-state index is 2.70. The molecule has 16 aromatic carbocycles. The zero-order chi connectivity index (χ0) is 69.3. The van der Waals surface area contributed by atoms with Crippen LogP contribution in [0.5, 0.6) is 0 Å². The van der Waals surface area contributed by atoms with Crippen LogP contribution in [0.3, 0.4) is 0 Å². The summed E-state index contributed by atoms with van der Waals surface area (Å²) in [6.45, 7) is -0.316. The van der Waals surface area contributed by atoms with Gasteiger partial charge in [-0.15, -0.1) is 0 Å². The third-order valence-electron chi connectivity index (χ3n) is 21.5. The minimum absolute atomic E-state index is 0.316. The van der Waals surface area contributed by atoms with Gasteiger partial charge in [0.25, 0.3) is 6.71 Å². The average Bonchev–Trinajstić information content (AvgIpc) is 1.16. The van der Waals surface area contributed by atoms with E-state index in [1.54, 1.807) is 0 Å². The van der Waals surface area contributed by atoms with E-state index in [2.05, 4.69) is 425 Å². The van der Waals surface area contributed by atoms with E-state index in [1.165, 1.54) is 37.9 Å². The third-order valence-corrected chi connectivity index (χ3v) is 21.5. The number of anilines is 6. The standard InChI is InChI=1S/C100H67BN4/c1-10-34-68(35-11-1)77-60-63-90-89(64-77)101-88-62-61-78(102-95(73-44-20-6-21-45-73)84-52-28-29-53-85(84)96(102)74-46-22-7-23-47-74)65-91(88)105(100-82(71-40-16-4-17-41-71)58-33-59-83(100)72-42-18-5-19-43-72)93-67-79(103-97(75-48-24-8-25-49-75)86-54-30-31-55-87(86)98(103)76-50-26-9-27-51-76)66-92(94(93)101)104(90)99-80(69-36-12-2-13-37-69)56-32-57-81(99)70-38-14-3-15-39-70/h1-67H. The molecular formula is C100H67BN4. The SMILES string of the molecule is c1ccc(-c2ccc3c(c2)B2c4ccc(-n5c(-c6ccccc6)c6ccccc6c5-c5ccccc5)cc4N(c4c(-c5ccccc5)cccc4-c4ccccc4)c4cc(-n5c(-c6ccccc6)c6ccccc6c5-c5ccccc5)cc(c42)N3c2c(-c3ccccc3)cccc2-c2ccccc2)cc1. The highest BCUT2D eigenvalue weighted by Gasteiger charge is 2.46. The number of benzene rings is 16. The summed E-state index contributed by atoms with van der Waals surface area (Å²) in [5.41, 5.74) is 32.4. The first-order chi connectivity index (χ1) is 52.2. The lowest BCUT2D eigenvalue weighted by Crippen LogP contribution is -2.61. The van der Waals surface area contributed by atoms with Gasteiger partial charge in [0.15, 0.2) is 0 Å². The highest BCUT2D eigenvalue weighted by Crippen LogP contribution is 2.55. The molecule has 18 aromatic rings. The van der Waals surface area contributed by atoms with E-state index >= 15 is 0 Å². The van der Waals surface area contributed by atoms with Gasteiger partial charge in [0.2, 0.25) is 0 Å². The van der Waals surface area contributed by atoms with Crippen LogP contribution < -0.4 is 26.2 Å². The molecular weight excluding hydrogens is 1270 g/mol. The van der Waals surface area contributed by atoms with E-state index in [4.69, 9.17) is 0 Å². The van der Waals surface area contributed by atoms with Gasteiger partial charge in [-0.1, -0.05) is 376 Å². The van der Waals surface area contributed by atoms with Crippen molar-refractivity contribution in [3.63, 3.8) is 0 Å². The molecule has 0 spiro atoms. The van der Waals surface area contributed by atoms with Crippen LogP contribution >= 0.6 is 0 Å². The summed E-state index contributed by atoms with van der Waals surface area (Å²) in [6.07, 6.45) is 0. The first kappa shape index (κ1) is 61.2. The van der Waals surface area contributed by atoms with Crippen molar-refractivity contribution in [1.29, 1.82) is 0 Å². The Kier molecular flexibility index (Phi) is 15.0. The van der Waals surface area contributed by atoms with Crippen molar-refractivity contribution in [2.45, 2.75) is 0 Å². The highest BCUT2D eigenvalue weighted by atomic mass is 15.2. The summed E-state index contributed by atoms with van der Waals surface area (Å²) in [4.78, 5) is 5.37. The van der Waals surface area contributed by atoms with Crippen molar-refractivity contribution >= 4 is 78.8 Å². The smallest absolute Gasteiger partial charge is 0.252 e. The predicted molar refractivity (Wildman–Crippen MR) is 443 cm³/mol. The van der Waals surface area contributed by atoms with Gasteiger partial charge < -0.3 is 18.9 Å². The molecule has 105 heavy (non-hydrogen) atoms. The van der Waals surface area contributed by atoms with E-state index < -0.39 is 0 Å². The molecule has 0 N–H and O–H groups in total. The molecule has 490 valence electrons. The van der Waals surface area contributed by atoms with Crippen molar-refractivity contribution < 1.29 is 0 Å². The summed E-state index contributed by atoms with van der Waals surface area (Å²) in [6, 6.07) is 151. The lowest BCUT2D eigenvalue weighted by Gasteiger charge is -2.46. The van der Waals surface area contributed by atoms with Crippen LogP contribution in [0, 0.1) is 0 Å². The molecule has 0 fully saturated rings. The van der Waals surface area contributed by atoms with Gasteiger partial charge in [-0.2, -0.15) is 0 Å². The first-order valence-electron chi connectivity index (χ1n) is 36.3. The lowest BCUT2D eigenvalue weighted by atomic mass is 9.33. The Morgan fingerprint density at radius 2 is 0.476 bits per heavy atom. The van der Waals surface area contributed by atoms with Crippen molar-refractivity contribution in [3.8, 4) is 112 Å². The van der Waals surface area contributed by atoms with Crippen LogP contribution in [0.15, 0.2) is 406 Å². The highest BCUT2D eigenvalue weighted by molar-refractivity contribution is 7.00. The van der Waals surface area contributed by atoms with E-state index in [0.29, 0.717) is 0 Å². The van der Waals surface area contributed by atoms with Gasteiger partial charge in [0, 0.05) is 72.2 Å². The van der Waals surface area contributed by atoms with Gasteiger partial charge >= 0.3 is 0 Å². The number of fused-ring (bicyclic) bond motifs is 6. The van der Waals surface area contributed by atoms with Crippen LogP contribution in [0.1, 0.15) is 0 Å². The van der Waals surface area contributed by atoms with Gasteiger partial charge in [0.1, 0.15) is 0 Å². The van der Waals surface area contributed by atoms with Gasteiger partial charge in [-0.3, -0.25) is 0 Å². The predicted octanol–water partition coefficient (Wildman–Crippen LogP) is 24.7. The van der Waals surface area contributed by atoms with E-state index in [1.807, 2.05) is 0 Å². The number of rotatable bonds is 13. The van der Waals surface area contributed by atoms with Crippen LogP contribution in [-0.2, 0) is 0 Å². The summed E-state index contributed by atoms with van der Waals surface area (Å²) in [5.74, 6) is 0. The minimum Gasteiger partial charge on any atom is -0.310 e. The van der Waals surface area contributed by atoms with Crippen molar-refractivity contribution in [1.82, 2.24) is 9.13 Å². The maximum Gasteiger partial charge on any atom is 0.252 e. The molecule has 20 rings (SSSR count). The third kappa shape index (κ3) is 10.2. The summed E-state index contributed by atoms with van der Waals surface area (Å²) < 4.78 is 5.16. The quantitative estimate of drug-likeness (QED) is 0.107. The fourth-order valence-electron chi connectivity index (χ4n) is 17.0. The van der Waals surface area contributed by atoms with E-state index in [9.17, 15) is 0 Å². The topological polar surface area (TPSA) is 16.3 Å². The summed E-state index contributed by atoms with van der Waals surface area (Å²) in [5, 5.41) is 4.69. The zero-order valence-corrected chi connectivity index (χ0v) is 57.5. The van der Waals surface area contributed by atoms with E-state index in [0.717, 1.165) is 146 Å². The average molecular weight is 1340 g/mol. The Morgan fingerprint density at radius 3 is 0.829 bits per heavy atom. The first-order valence-corrected chi connectivity index (χ1v) is 36.3. The second-order valence-corrected chi connectivity index (χ2v) is 27.4. The molecule has 4 heterocycles. The molecule has 0 bridgehead atoms. The van der Waals surface area contributed by atoms with Crippen LogP contribution in [0.2, 0.25) is 0 Å².